The maximum atomic E-state index is 13.4. The molecule has 0 aliphatic carbocycles. The minimum Gasteiger partial charge on any atom is -0.481 e. The van der Waals surface area contributed by atoms with Crippen LogP contribution in [0.5, 0.6) is 0 Å². The molecule has 1 amide bonds. The number of aliphatic carboxylic acids is 1. The van der Waals surface area contributed by atoms with Crippen molar-refractivity contribution in [1.82, 2.24) is 5.32 Å². The van der Waals surface area contributed by atoms with E-state index < -0.39 is 35.0 Å². The van der Waals surface area contributed by atoms with Crippen molar-refractivity contribution in [3.05, 3.63) is 35.4 Å². The van der Waals surface area contributed by atoms with E-state index in [1.165, 1.54) is 6.07 Å². The summed E-state index contributed by atoms with van der Waals surface area (Å²) in [4.78, 5) is 22.5. The normalized spacial score (nSPS) is 13.5. The van der Waals surface area contributed by atoms with Gasteiger partial charge in [-0.3, -0.25) is 9.59 Å². The summed E-state index contributed by atoms with van der Waals surface area (Å²) in [6.45, 7) is 3.32. The summed E-state index contributed by atoms with van der Waals surface area (Å²) in [6.07, 6.45) is 1.64. The summed E-state index contributed by atoms with van der Waals surface area (Å²) in [5.41, 5.74) is -0.594. The summed E-state index contributed by atoms with van der Waals surface area (Å²) in [5.74, 6) is -3.92. The second-order valence-corrected chi connectivity index (χ2v) is 5.14. The van der Waals surface area contributed by atoms with Gasteiger partial charge in [0.05, 0.1) is 5.92 Å². The van der Waals surface area contributed by atoms with E-state index >= 15 is 0 Å². The van der Waals surface area contributed by atoms with Crippen molar-refractivity contribution in [3.63, 3.8) is 0 Å². The van der Waals surface area contributed by atoms with Crippen molar-refractivity contribution in [2.24, 2.45) is 5.92 Å². The van der Waals surface area contributed by atoms with Gasteiger partial charge in [-0.25, -0.2) is 8.78 Å². The number of amides is 1. The lowest BCUT2D eigenvalue weighted by molar-refractivity contribution is -0.141. The highest BCUT2D eigenvalue weighted by molar-refractivity contribution is 5.94. The molecule has 21 heavy (non-hydrogen) atoms. The van der Waals surface area contributed by atoms with Gasteiger partial charge in [-0.05, 0) is 31.9 Å². The largest absolute Gasteiger partial charge is 0.481 e. The standard InChI is InChI=1S/C15H19F2NO3/c1-9(15(20)21)5-3-6-10(2)18-14(19)13-11(16)7-4-8-12(13)17/h4,7-10H,3,5-6H2,1-2H3,(H,18,19)(H,20,21). The van der Waals surface area contributed by atoms with Crippen molar-refractivity contribution in [2.45, 2.75) is 39.2 Å². The van der Waals surface area contributed by atoms with Gasteiger partial charge in [0.1, 0.15) is 17.2 Å². The van der Waals surface area contributed by atoms with E-state index in [4.69, 9.17) is 5.11 Å². The third-order valence-corrected chi connectivity index (χ3v) is 3.26. The number of halogens is 2. The maximum Gasteiger partial charge on any atom is 0.306 e. The van der Waals surface area contributed by atoms with Crippen LogP contribution in [0.2, 0.25) is 0 Å². The van der Waals surface area contributed by atoms with Gasteiger partial charge in [0.25, 0.3) is 5.91 Å². The van der Waals surface area contributed by atoms with Gasteiger partial charge in [-0.15, -0.1) is 0 Å². The zero-order valence-electron chi connectivity index (χ0n) is 12.0. The molecule has 1 aromatic rings. The second kappa shape index (κ2) is 7.71. The van der Waals surface area contributed by atoms with Crippen molar-refractivity contribution >= 4 is 11.9 Å². The molecule has 0 aliphatic rings. The highest BCUT2D eigenvalue weighted by atomic mass is 19.1. The minimum atomic E-state index is -0.904. The lowest BCUT2D eigenvalue weighted by Crippen LogP contribution is -2.33. The Hall–Kier alpha value is -1.98. The molecule has 0 heterocycles. The van der Waals surface area contributed by atoms with Crippen LogP contribution in [0.1, 0.15) is 43.5 Å². The molecule has 0 fully saturated rings. The molecule has 2 atom stereocenters. The van der Waals surface area contributed by atoms with E-state index in [2.05, 4.69) is 5.32 Å². The first kappa shape index (κ1) is 17.1. The van der Waals surface area contributed by atoms with E-state index in [0.717, 1.165) is 12.1 Å². The number of carboxylic acid groups (broad SMARTS) is 1. The minimum absolute atomic E-state index is 0.294. The third-order valence-electron chi connectivity index (χ3n) is 3.26. The van der Waals surface area contributed by atoms with Crippen molar-refractivity contribution in [3.8, 4) is 0 Å². The van der Waals surface area contributed by atoms with E-state index in [0.29, 0.717) is 19.3 Å². The Morgan fingerprint density at radius 1 is 1.19 bits per heavy atom. The monoisotopic (exact) mass is 299 g/mol. The van der Waals surface area contributed by atoms with Gasteiger partial charge < -0.3 is 10.4 Å². The Bertz CT molecular complexity index is 499. The van der Waals surface area contributed by atoms with E-state index in [9.17, 15) is 18.4 Å². The fraction of sp³-hybridized carbons (Fsp3) is 0.467. The summed E-state index contributed by atoms with van der Waals surface area (Å²) in [5, 5.41) is 11.3. The van der Waals surface area contributed by atoms with E-state index in [-0.39, 0.29) is 6.04 Å². The number of carboxylic acids is 1. The van der Waals surface area contributed by atoms with Gasteiger partial charge in [-0.1, -0.05) is 19.4 Å². The molecular formula is C15H19F2NO3. The fourth-order valence-corrected chi connectivity index (χ4v) is 1.94. The zero-order valence-corrected chi connectivity index (χ0v) is 12.0. The Labute approximate surface area is 122 Å². The molecule has 0 aromatic heterocycles. The van der Waals surface area contributed by atoms with Crippen LogP contribution in [0.25, 0.3) is 0 Å². The zero-order chi connectivity index (χ0) is 16.0. The molecule has 0 spiro atoms. The lowest BCUT2D eigenvalue weighted by Gasteiger charge is -2.15. The molecule has 116 valence electrons. The van der Waals surface area contributed by atoms with Crippen LogP contribution in [0, 0.1) is 17.6 Å². The van der Waals surface area contributed by atoms with E-state index in [1.807, 2.05) is 0 Å². The number of rotatable bonds is 7. The molecule has 0 bridgehead atoms. The van der Waals surface area contributed by atoms with Crippen LogP contribution < -0.4 is 5.32 Å². The van der Waals surface area contributed by atoms with Gasteiger partial charge in [0.15, 0.2) is 0 Å². The molecule has 0 radical (unpaired) electrons. The first-order valence-corrected chi connectivity index (χ1v) is 6.80. The second-order valence-electron chi connectivity index (χ2n) is 5.14. The molecule has 1 rings (SSSR count). The fourth-order valence-electron chi connectivity index (χ4n) is 1.94. The molecule has 2 N–H and O–H groups in total. The predicted molar refractivity (Wildman–Crippen MR) is 73.9 cm³/mol. The third kappa shape index (κ3) is 5.13. The van der Waals surface area contributed by atoms with Crippen LogP contribution in [-0.2, 0) is 4.79 Å². The van der Waals surface area contributed by atoms with Crippen LogP contribution in [-0.4, -0.2) is 23.0 Å². The lowest BCUT2D eigenvalue weighted by atomic mass is 10.0. The van der Waals surface area contributed by atoms with Crippen molar-refractivity contribution in [2.75, 3.05) is 0 Å². The van der Waals surface area contributed by atoms with Gasteiger partial charge in [0.2, 0.25) is 0 Å². The highest BCUT2D eigenvalue weighted by Gasteiger charge is 2.19. The molecule has 0 aliphatic heterocycles. The van der Waals surface area contributed by atoms with Crippen LogP contribution >= 0.6 is 0 Å². The van der Waals surface area contributed by atoms with Gasteiger partial charge in [0, 0.05) is 6.04 Å². The number of benzene rings is 1. The summed E-state index contributed by atoms with van der Waals surface area (Å²) in [7, 11) is 0. The topological polar surface area (TPSA) is 66.4 Å². The summed E-state index contributed by atoms with van der Waals surface area (Å²) < 4.78 is 26.9. The van der Waals surface area contributed by atoms with Crippen molar-refractivity contribution < 1.29 is 23.5 Å². The first-order chi connectivity index (χ1) is 9.82. The number of nitrogens with one attached hydrogen (secondary N) is 1. The maximum absolute atomic E-state index is 13.4. The van der Waals surface area contributed by atoms with Gasteiger partial charge >= 0.3 is 5.97 Å². The Balaban J connectivity index is 2.49. The molecule has 0 saturated carbocycles. The quantitative estimate of drug-likeness (QED) is 0.813. The summed E-state index contributed by atoms with van der Waals surface area (Å²) in [6, 6.07) is 2.95. The van der Waals surface area contributed by atoms with Gasteiger partial charge in [-0.2, -0.15) is 0 Å². The number of hydrogen-bond acceptors (Lipinski definition) is 2. The average Bonchev–Trinajstić information content (AvgIpc) is 2.37. The molecule has 6 heteroatoms. The van der Waals surface area contributed by atoms with E-state index in [1.54, 1.807) is 13.8 Å². The smallest absolute Gasteiger partial charge is 0.306 e. The van der Waals surface area contributed by atoms with Crippen molar-refractivity contribution in [1.29, 1.82) is 0 Å². The molecular weight excluding hydrogens is 280 g/mol. The number of hydrogen-bond donors (Lipinski definition) is 2. The average molecular weight is 299 g/mol. The number of carbonyl (C=O) groups is 2. The van der Waals surface area contributed by atoms with Crippen LogP contribution in [0.3, 0.4) is 0 Å². The highest BCUT2D eigenvalue weighted by Crippen LogP contribution is 2.13. The van der Waals surface area contributed by atoms with Crippen LogP contribution in [0.4, 0.5) is 8.78 Å². The SMILES string of the molecule is CC(CCCC(C)C(=O)O)NC(=O)c1c(F)cccc1F. The summed E-state index contributed by atoms with van der Waals surface area (Å²) >= 11 is 0. The first-order valence-electron chi connectivity index (χ1n) is 6.80. The Morgan fingerprint density at radius 2 is 1.76 bits per heavy atom. The molecule has 1 aromatic carbocycles. The Kier molecular flexibility index (Phi) is 6.27. The number of carbonyl (C=O) groups excluding carboxylic acids is 1. The predicted octanol–water partition coefficient (Wildman–Crippen LogP) is 2.97. The Morgan fingerprint density at radius 3 is 2.29 bits per heavy atom. The molecule has 4 nitrogen and oxygen atoms in total. The molecule has 0 saturated heterocycles. The van der Waals surface area contributed by atoms with Crippen LogP contribution in [0.15, 0.2) is 18.2 Å². The molecule has 2 unspecified atom stereocenters.